The monoisotopic (exact) mass is 295 g/mol. The fourth-order valence-corrected chi connectivity index (χ4v) is 2.61. The first-order valence-corrected chi connectivity index (χ1v) is 6.78. The van der Waals surface area contributed by atoms with Gasteiger partial charge in [-0.2, -0.15) is 0 Å². The molecule has 0 radical (unpaired) electrons. The number of rotatable bonds is 2. The predicted octanol–water partition coefficient (Wildman–Crippen LogP) is 3.39. The van der Waals surface area contributed by atoms with E-state index in [1.54, 1.807) is 0 Å². The highest BCUT2D eigenvalue weighted by molar-refractivity contribution is 9.10. The van der Waals surface area contributed by atoms with Gasteiger partial charge in [-0.25, -0.2) is 0 Å². The molecule has 0 aliphatic carbocycles. The van der Waals surface area contributed by atoms with Crippen molar-refractivity contribution in [1.82, 2.24) is 4.90 Å². The number of Topliss-reactive ketones (excluding diaryl/α,β-unsaturated/α-hetero) is 1. The summed E-state index contributed by atoms with van der Waals surface area (Å²) in [6.07, 6.45) is 1.36. The average molecular weight is 296 g/mol. The van der Waals surface area contributed by atoms with Gasteiger partial charge in [-0.05, 0) is 31.5 Å². The van der Waals surface area contributed by atoms with Crippen LogP contribution in [0.25, 0.3) is 0 Å². The van der Waals surface area contributed by atoms with Crippen molar-refractivity contribution < 1.29 is 4.79 Å². The van der Waals surface area contributed by atoms with Crippen molar-refractivity contribution in [2.75, 3.05) is 6.54 Å². The van der Waals surface area contributed by atoms with Gasteiger partial charge in [0.25, 0.3) is 0 Å². The molecule has 0 spiro atoms. The Hall–Kier alpha value is -0.670. The molecule has 1 saturated heterocycles. The normalized spacial score (nSPS) is 20.5. The minimum absolute atomic E-state index is 0.0115. The Morgan fingerprint density at radius 3 is 2.53 bits per heavy atom. The molecule has 1 heterocycles. The second-order valence-corrected chi connectivity index (χ2v) is 6.24. The lowest BCUT2D eigenvalue weighted by Gasteiger charge is -2.41. The van der Waals surface area contributed by atoms with Crippen molar-refractivity contribution in [3.8, 4) is 0 Å². The van der Waals surface area contributed by atoms with Crippen LogP contribution in [-0.2, 0) is 11.3 Å². The number of benzene rings is 1. The molecule has 0 atom stereocenters. The summed E-state index contributed by atoms with van der Waals surface area (Å²) in [5.74, 6) is 0.391. The first-order valence-electron chi connectivity index (χ1n) is 5.98. The number of halogens is 1. The molecular formula is C14H18BrNO. The van der Waals surface area contributed by atoms with Gasteiger partial charge in [0.1, 0.15) is 5.78 Å². The zero-order valence-electron chi connectivity index (χ0n) is 10.4. The van der Waals surface area contributed by atoms with Crippen molar-refractivity contribution >= 4 is 21.7 Å². The van der Waals surface area contributed by atoms with Crippen LogP contribution in [0.5, 0.6) is 0 Å². The third kappa shape index (κ3) is 3.17. The van der Waals surface area contributed by atoms with Gasteiger partial charge in [-0.1, -0.05) is 28.1 Å². The maximum Gasteiger partial charge on any atom is 0.136 e. The van der Waals surface area contributed by atoms with Gasteiger partial charge in [0.05, 0.1) is 0 Å². The maximum atomic E-state index is 11.5. The third-order valence-electron chi connectivity index (χ3n) is 3.43. The molecule has 17 heavy (non-hydrogen) atoms. The van der Waals surface area contributed by atoms with Crippen LogP contribution in [0.3, 0.4) is 0 Å². The van der Waals surface area contributed by atoms with Crippen LogP contribution < -0.4 is 0 Å². The van der Waals surface area contributed by atoms with Crippen LogP contribution >= 0.6 is 15.9 Å². The topological polar surface area (TPSA) is 20.3 Å². The maximum absolute atomic E-state index is 11.5. The van der Waals surface area contributed by atoms with E-state index in [1.165, 1.54) is 5.56 Å². The highest BCUT2D eigenvalue weighted by atomic mass is 79.9. The first kappa shape index (κ1) is 12.8. The molecule has 0 unspecified atom stereocenters. The van der Waals surface area contributed by atoms with Gasteiger partial charge in [-0.15, -0.1) is 0 Å². The van der Waals surface area contributed by atoms with E-state index in [0.717, 1.165) is 17.6 Å². The van der Waals surface area contributed by atoms with E-state index in [-0.39, 0.29) is 5.54 Å². The lowest BCUT2D eigenvalue weighted by molar-refractivity contribution is -0.125. The second kappa shape index (κ2) is 4.91. The molecule has 3 heteroatoms. The van der Waals surface area contributed by atoms with Crippen LogP contribution in [-0.4, -0.2) is 22.8 Å². The quantitative estimate of drug-likeness (QED) is 0.833. The molecule has 2 rings (SSSR count). The van der Waals surface area contributed by atoms with Crippen molar-refractivity contribution in [2.45, 2.75) is 38.8 Å². The molecule has 1 aromatic rings. The number of nitrogens with zero attached hydrogens (tertiary/aromatic N) is 1. The molecular weight excluding hydrogens is 278 g/mol. The largest absolute Gasteiger partial charge is 0.300 e. The number of carbonyl (C=O) groups excluding carboxylic acids is 1. The summed E-state index contributed by atoms with van der Waals surface area (Å²) in [5, 5.41) is 0. The molecule has 1 fully saturated rings. The number of ketones is 1. The van der Waals surface area contributed by atoms with E-state index in [4.69, 9.17) is 0 Å². The van der Waals surface area contributed by atoms with Gasteiger partial charge in [0.15, 0.2) is 0 Å². The van der Waals surface area contributed by atoms with Gasteiger partial charge >= 0.3 is 0 Å². The number of hydrogen-bond donors (Lipinski definition) is 0. The summed E-state index contributed by atoms with van der Waals surface area (Å²) >= 11 is 3.44. The molecule has 0 aromatic heterocycles. The molecule has 0 N–H and O–H groups in total. The fourth-order valence-electron chi connectivity index (χ4n) is 2.35. The summed E-state index contributed by atoms with van der Waals surface area (Å²) in [4.78, 5) is 13.9. The zero-order chi connectivity index (χ0) is 12.5. The minimum atomic E-state index is -0.0115. The summed E-state index contributed by atoms with van der Waals surface area (Å²) in [5.41, 5.74) is 1.29. The number of likely N-dealkylation sites (tertiary alicyclic amines) is 1. The summed E-state index contributed by atoms with van der Waals surface area (Å²) in [6, 6.07) is 8.40. The number of carbonyl (C=O) groups is 1. The van der Waals surface area contributed by atoms with Gasteiger partial charge in [-0.3, -0.25) is 9.69 Å². The average Bonchev–Trinajstić information content (AvgIpc) is 2.24. The Kier molecular flexibility index (Phi) is 3.69. The molecule has 0 bridgehead atoms. The van der Waals surface area contributed by atoms with Gasteiger partial charge in [0, 0.05) is 35.9 Å². The van der Waals surface area contributed by atoms with Crippen molar-refractivity contribution in [3.63, 3.8) is 0 Å². The smallest absolute Gasteiger partial charge is 0.136 e. The predicted molar refractivity (Wildman–Crippen MR) is 72.9 cm³/mol. The Morgan fingerprint density at radius 1 is 1.29 bits per heavy atom. The summed E-state index contributed by atoms with van der Waals surface area (Å²) < 4.78 is 1.11. The minimum Gasteiger partial charge on any atom is -0.300 e. The molecule has 1 aliphatic heterocycles. The van der Waals surface area contributed by atoms with E-state index in [2.05, 4.69) is 58.9 Å². The van der Waals surface area contributed by atoms with Crippen LogP contribution in [0.1, 0.15) is 32.3 Å². The van der Waals surface area contributed by atoms with E-state index >= 15 is 0 Å². The second-order valence-electron chi connectivity index (χ2n) is 5.33. The van der Waals surface area contributed by atoms with E-state index in [1.807, 2.05) is 0 Å². The Balaban J connectivity index is 2.08. The van der Waals surface area contributed by atoms with Crippen LogP contribution in [0.2, 0.25) is 0 Å². The lowest BCUT2D eigenvalue weighted by Crippen LogP contribution is -2.49. The zero-order valence-corrected chi connectivity index (χ0v) is 12.0. The molecule has 92 valence electrons. The SMILES string of the molecule is CC1(C)CC(=O)CCN1Cc1ccc(Br)cc1. The number of hydrogen-bond acceptors (Lipinski definition) is 2. The highest BCUT2D eigenvalue weighted by Gasteiger charge is 2.33. The van der Waals surface area contributed by atoms with Crippen molar-refractivity contribution in [2.24, 2.45) is 0 Å². The molecule has 0 saturated carbocycles. The van der Waals surface area contributed by atoms with Crippen molar-refractivity contribution in [3.05, 3.63) is 34.3 Å². The first-order chi connectivity index (χ1) is 7.97. The lowest BCUT2D eigenvalue weighted by atomic mass is 9.89. The van der Waals surface area contributed by atoms with Gasteiger partial charge < -0.3 is 0 Å². The molecule has 2 nitrogen and oxygen atoms in total. The number of piperidine rings is 1. The molecule has 1 aromatic carbocycles. The van der Waals surface area contributed by atoms with Crippen LogP contribution in [0.15, 0.2) is 28.7 Å². The van der Waals surface area contributed by atoms with E-state index in [0.29, 0.717) is 18.6 Å². The molecule has 0 amide bonds. The Morgan fingerprint density at radius 2 is 1.94 bits per heavy atom. The Bertz CT molecular complexity index is 411. The standard InChI is InChI=1S/C14H18BrNO/c1-14(2)9-13(17)7-8-16(14)10-11-3-5-12(15)6-4-11/h3-6H,7-10H2,1-2H3. The summed E-state index contributed by atoms with van der Waals surface area (Å²) in [7, 11) is 0. The van der Waals surface area contributed by atoms with Crippen molar-refractivity contribution in [1.29, 1.82) is 0 Å². The molecule has 1 aliphatic rings. The van der Waals surface area contributed by atoms with E-state index in [9.17, 15) is 4.79 Å². The van der Waals surface area contributed by atoms with Gasteiger partial charge in [0.2, 0.25) is 0 Å². The Labute approximate surface area is 111 Å². The fraction of sp³-hybridized carbons (Fsp3) is 0.500. The van der Waals surface area contributed by atoms with Crippen LogP contribution in [0.4, 0.5) is 0 Å². The highest BCUT2D eigenvalue weighted by Crippen LogP contribution is 2.27. The van der Waals surface area contributed by atoms with Crippen LogP contribution in [0, 0.1) is 0 Å². The van der Waals surface area contributed by atoms with E-state index < -0.39 is 0 Å². The summed E-state index contributed by atoms with van der Waals surface area (Å²) in [6.45, 7) is 6.11. The third-order valence-corrected chi connectivity index (χ3v) is 3.96.